The molecular formula is C27H33N5O2S. The molecule has 0 spiro atoms. The molecule has 5 rings (SSSR count). The quantitative estimate of drug-likeness (QED) is 0.480. The Labute approximate surface area is 211 Å². The van der Waals surface area contributed by atoms with Crippen molar-refractivity contribution in [3.63, 3.8) is 0 Å². The van der Waals surface area contributed by atoms with Gasteiger partial charge in [-0.2, -0.15) is 0 Å². The SMILES string of the molecule is COc1cc(C=C2CCCN3C2=NOC[C@@H]3Cc2nc(C(C)(C)C)cs2)ccc1-n1cnc(C)c1. The van der Waals surface area contributed by atoms with E-state index in [4.69, 9.17) is 14.6 Å². The van der Waals surface area contributed by atoms with E-state index in [1.165, 1.54) is 5.57 Å². The first kappa shape index (κ1) is 23.6. The third-order valence-corrected chi connectivity index (χ3v) is 7.40. The first-order chi connectivity index (χ1) is 16.8. The van der Waals surface area contributed by atoms with Gasteiger partial charge in [0, 0.05) is 30.0 Å². The molecule has 1 atom stereocenters. The summed E-state index contributed by atoms with van der Waals surface area (Å²) in [5.41, 5.74) is 5.45. The monoisotopic (exact) mass is 491 g/mol. The maximum Gasteiger partial charge on any atom is 0.171 e. The average molecular weight is 492 g/mol. The molecule has 35 heavy (non-hydrogen) atoms. The number of rotatable bonds is 5. The van der Waals surface area contributed by atoms with E-state index in [1.54, 1.807) is 18.4 Å². The average Bonchev–Trinajstić information content (AvgIpc) is 3.49. The standard InChI is InChI=1S/C27H33N5O2S/c1-18-14-31(17-28-18)22-9-8-19(12-23(22)33-5)11-20-7-6-10-32-21(15-34-30-26(20)32)13-25-29-24(16-35-25)27(2,3)4/h8-9,11-12,14,16-17,21H,6-7,10,13,15H2,1-5H3/t21-/m0/s1. The normalized spacial score (nSPS) is 19.3. The number of aromatic nitrogens is 3. The Morgan fingerprint density at radius 3 is 2.86 bits per heavy atom. The fourth-order valence-corrected chi connectivity index (χ4v) is 5.68. The number of methoxy groups -OCH3 is 1. The van der Waals surface area contributed by atoms with Crippen molar-refractivity contribution in [2.24, 2.45) is 5.16 Å². The van der Waals surface area contributed by atoms with Gasteiger partial charge in [-0.15, -0.1) is 11.3 Å². The third kappa shape index (κ3) is 4.98. The van der Waals surface area contributed by atoms with Crippen LogP contribution in [0.2, 0.25) is 0 Å². The fourth-order valence-electron chi connectivity index (χ4n) is 4.59. The minimum atomic E-state index is 0.0682. The summed E-state index contributed by atoms with van der Waals surface area (Å²) in [6.45, 7) is 10.2. The van der Waals surface area contributed by atoms with Crippen LogP contribution in [0.4, 0.5) is 0 Å². The smallest absolute Gasteiger partial charge is 0.171 e. The number of aryl methyl sites for hydroxylation is 1. The Morgan fingerprint density at radius 1 is 1.29 bits per heavy atom. The highest BCUT2D eigenvalue weighted by Gasteiger charge is 2.33. The van der Waals surface area contributed by atoms with Crippen molar-refractivity contribution in [2.75, 3.05) is 20.3 Å². The molecule has 2 aliphatic heterocycles. The number of fused-ring (bicyclic) bond motifs is 1. The van der Waals surface area contributed by atoms with Crippen LogP contribution in [0.5, 0.6) is 5.75 Å². The molecule has 1 fully saturated rings. The van der Waals surface area contributed by atoms with Gasteiger partial charge in [-0.25, -0.2) is 9.97 Å². The summed E-state index contributed by atoms with van der Waals surface area (Å²) in [6.07, 6.45) is 8.96. The van der Waals surface area contributed by atoms with Crippen molar-refractivity contribution in [3.05, 3.63) is 63.6 Å². The highest BCUT2D eigenvalue weighted by molar-refractivity contribution is 7.09. The van der Waals surface area contributed by atoms with E-state index in [9.17, 15) is 0 Å². The lowest BCUT2D eigenvalue weighted by molar-refractivity contribution is 0.0579. The predicted molar refractivity (Wildman–Crippen MR) is 140 cm³/mol. The number of oxime groups is 1. The van der Waals surface area contributed by atoms with Gasteiger partial charge in [0.1, 0.15) is 12.4 Å². The van der Waals surface area contributed by atoms with Crippen molar-refractivity contribution >= 4 is 23.2 Å². The zero-order chi connectivity index (χ0) is 24.6. The number of benzene rings is 1. The van der Waals surface area contributed by atoms with E-state index in [1.807, 2.05) is 24.0 Å². The molecule has 4 heterocycles. The van der Waals surface area contributed by atoms with E-state index in [0.29, 0.717) is 6.61 Å². The number of hydrogen-bond donors (Lipinski definition) is 0. The summed E-state index contributed by atoms with van der Waals surface area (Å²) in [4.78, 5) is 17.4. The molecule has 0 aliphatic carbocycles. The Balaban J connectivity index is 1.37. The molecule has 184 valence electrons. The van der Waals surface area contributed by atoms with Crippen molar-refractivity contribution in [2.45, 2.75) is 58.4 Å². The van der Waals surface area contributed by atoms with Crippen LogP contribution in [-0.2, 0) is 16.7 Å². The van der Waals surface area contributed by atoms with Gasteiger partial charge in [-0.3, -0.25) is 0 Å². The second-order valence-electron chi connectivity index (χ2n) is 10.3. The molecule has 3 aromatic rings. The number of amidine groups is 1. The van der Waals surface area contributed by atoms with Crippen molar-refractivity contribution in [1.29, 1.82) is 0 Å². The Morgan fingerprint density at radius 2 is 2.14 bits per heavy atom. The minimum absolute atomic E-state index is 0.0682. The summed E-state index contributed by atoms with van der Waals surface area (Å²) < 4.78 is 7.69. The van der Waals surface area contributed by atoms with E-state index in [0.717, 1.165) is 65.0 Å². The number of piperidine rings is 1. The number of hydrogen-bond acceptors (Lipinski definition) is 7. The summed E-state index contributed by atoms with van der Waals surface area (Å²) in [7, 11) is 1.70. The van der Waals surface area contributed by atoms with Crippen LogP contribution in [0.25, 0.3) is 11.8 Å². The van der Waals surface area contributed by atoms with Crippen LogP contribution in [0.15, 0.2) is 46.8 Å². The maximum absolute atomic E-state index is 5.74. The molecule has 0 saturated carbocycles. The van der Waals surface area contributed by atoms with Crippen LogP contribution < -0.4 is 4.74 Å². The molecule has 0 amide bonds. The van der Waals surface area contributed by atoms with Crippen LogP contribution >= 0.6 is 11.3 Å². The van der Waals surface area contributed by atoms with Crippen molar-refractivity contribution in [1.82, 2.24) is 19.4 Å². The fraction of sp³-hybridized carbons (Fsp3) is 0.444. The van der Waals surface area contributed by atoms with Crippen LogP contribution in [-0.4, -0.2) is 51.6 Å². The van der Waals surface area contributed by atoms with Gasteiger partial charge in [0.2, 0.25) is 0 Å². The van der Waals surface area contributed by atoms with Crippen LogP contribution in [0.3, 0.4) is 0 Å². The highest BCUT2D eigenvalue weighted by Crippen LogP contribution is 2.31. The van der Waals surface area contributed by atoms with E-state index in [-0.39, 0.29) is 11.5 Å². The zero-order valence-electron chi connectivity index (χ0n) is 21.1. The topological polar surface area (TPSA) is 64.8 Å². The first-order valence-corrected chi connectivity index (χ1v) is 13.0. The van der Waals surface area contributed by atoms with Crippen molar-refractivity contribution < 1.29 is 9.57 Å². The van der Waals surface area contributed by atoms with E-state index < -0.39 is 0 Å². The largest absolute Gasteiger partial charge is 0.495 e. The zero-order valence-corrected chi connectivity index (χ0v) is 21.9. The lowest BCUT2D eigenvalue weighted by Crippen LogP contribution is -2.50. The Kier molecular flexibility index (Phi) is 6.40. The minimum Gasteiger partial charge on any atom is -0.495 e. The molecule has 0 unspecified atom stereocenters. The van der Waals surface area contributed by atoms with E-state index >= 15 is 0 Å². The Bertz CT molecular complexity index is 1270. The molecule has 2 aliphatic rings. The number of thiazole rings is 1. The molecule has 8 heteroatoms. The molecule has 0 radical (unpaired) electrons. The van der Waals surface area contributed by atoms with Crippen LogP contribution in [0.1, 0.15) is 55.6 Å². The molecule has 2 aromatic heterocycles. The summed E-state index contributed by atoms with van der Waals surface area (Å²) >= 11 is 1.75. The van der Waals surface area contributed by atoms with Gasteiger partial charge < -0.3 is 19.0 Å². The maximum atomic E-state index is 5.74. The molecular weight excluding hydrogens is 458 g/mol. The molecule has 1 saturated heterocycles. The van der Waals surface area contributed by atoms with Gasteiger partial charge in [0.05, 0.1) is 41.6 Å². The number of ether oxygens (including phenoxy) is 1. The van der Waals surface area contributed by atoms with Gasteiger partial charge in [-0.05, 0) is 49.1 Å². The van der Waals surface area contributed by atoms with Gasteiger partial charge in [0.15, 0.2) is 5.84 Å². The molecule has 7 nitrogen and oxygen atoms in total. The lowest BCUT2D eigenvalue weighted by Gasteiger charge is -2.39. The van der Waals surface area contributed by atoms with Gasteiger partial charge in [0.25, 0.3) is 0 Å². The van der Waals surface area contributed by atoms with Crippen molar-refractivity contribution in [3.8, 4) is 11.4 Å². The summed E-state index contributed by atoms with van der Waals surface area (Å²) in [5, 5.41) is 7.84. The summed E-state index contributed by atoms with van der Waals surface area (Å²) in [5.74, 6) is 1.76. The molecule has 0 bridgehead atoms. The first-order valence-electron chi connectivity index (χ1n) is 12.1. The number of imidazole rings is 1. The predicted octanol–water partition coefficient (Wildman–Crippen LogP) is 5.38. The third-order valence-electron chi connectivity index (χ3n) is 6.53. The van der Waals surface area contributed by atoms with Gasteiger partial charge >= 0.3 is 0 Å². The highest BCUT2D eigenvalue weighted by atomic mass is 32.1. The number of nitrogens with zero attached hydrogens (tertiary/aromatic N) is 5. The summed E-state index contributed by atoms with van der Waals surface area (Å²) in [6, 6.07) is 6.50. The Hall–Kier alpha value is -3.13. The molecule has 0 N–H and O–H groups in total. The van der Waals surface area contributed by atoms with Crippen LogP contribution in [0, 0.1) is 6.92 Å². The second kappa shape index (κ2) is 9.49. The second-order valence-corrected chi connectivity index (χ2v) is 11.2. The van der Waals surface area contributed by atoms with E-state index in [2.05, 4.69) is 65.5 Å². The van der Waals surface area contributed by atoms with Gasteiger partial charge in [-0.1, -0.05) is 32.0 Å². The molecule has 1 aromatic carbocycles. The lowest BCUT2D eigenvalue weighted by atomic mass is 9.93.